The van der Waals surface area contributed by atoms with Gasteiger partial charge in [-0.05, 0) is 23.6 Å². The normalized spacial score (nSPS) is 24.0. The van der Waals surface area contributed by atoms with E-state index >= 15 is 0 Å². The van der Waals surface area contributed by atoms with Crippen molar-refractivity contribution in [1.29, 1.82) is 0 Å². The molecule has 2 heterocycles. The minimum atomic E-state index is -0.572. The van der Waals surface area contributed by atoms with E-state index in [0.717, 1.165) is 16.9 Å². The zero-order valence-corrected chi connectivity index (χ0v) is 19.0. The van der Waals surface area contributed by atoms with Gasteiger partial charge in [0.15, 0.2) is 12.6 Å². The number of hydrogen-bond acceptors (Lipinski definition) is 6. The van der Waals surface area contributed by atoms with Crippen molar-refractivity contribution in [2.45, 2.75) is 57.3 Å². The van der Waals surface area contributed by atoms with Crippen molar-refractivity contribution in [2.24, 2.45) is 0 Å². The lowest BCUT2D eigenvalue weighted by molar-refractivity contribution is -0.124. The summed E-state index contributed by atoms with van der Waals surface area (Å²) in [6, 6.07) is 4.60. The predicted molar refractivity (Wildman–Crippen MR) is 120 cm³/mol. The lowest BCUT2D eigenvalue weighted by Crippen LogP contribution is -2.40. The van der Waals surface area contributed by atoms with Gasteiger partial charge in [0.05, 0.1) is 6.04 Å². The maximum absolute atomic E-state index is 13.1. The molecule has 0 aromatic heterocycles. The Balaban J connectivity index is 1.27. The monoisotopic (exact) mass is 465 g/mol. The number of urea groups is 1. The molecule has 1 saturated heterocycles. The van der Waals surface area contributed by atoms with Crippen molar-refractivity contribution < 1.29 is 28.7 Å². The summed E-state index contributed by atoms with van der Waals surface area (Å²) in [5.41, 5.74) is 2.90. The molecule has 3 amide bonds. The van der Waals surface area contributed by atoms with Gasteiger partial charge < -0.3 is 24.6 Å². The molecule has 178 valence electrons. The minimum absolute atomic E-state index is 0.0567. The summed E-state index contributed by atoms with van der Waals surface area (Å²) in [5.74, 6) is 0.539. The number of ketones is 2. The molecule has 9 nitrogen and oxygen atoms in total. The Kier molecular flexibility index (Phi) is 5.95. The molecule has 9 heteroatoms. The summed E-state index contributed by atoms with van der Waals surface area (Å²) in [5, 5.41) is 2.89. The highest BCUT2D eigenvalue weighted by molar-refractivity contribution is 6.02. The number of Topliss-reactive ketones (excluding diaryl/α,β-unsaturated/α-hetero) is 2. The lowest BCUT2D eigenvalue weighted by atomic mass is 10.0. The molecule has 2 fully saturated rings. The highest BCUT2D eigenvalue weighted by atomic mass is 16.7. The van der Waals surface area contributed by atoms with Crippen LogP contribution in [-0.2, 0) is 32.2 Å². The molecule has 0 spiro atoms. The largest absolute Gasteiger partial charge is 0.469 e. The van der Waals surface area contributed by atoms with E-state index in [9.17, 15) is 19.2 Å². The van der Waals surface area contributed by atoms with E-state index in [1.807, 2.05) is 12.1 Å². The second kappa shape index (κ2) is 9.06. The van der Waals surface area contributed by atoms with Crippen LogP contribution >= 0.6 is 0 Å². The van der Waals surface area contributed by atoms with E-state index in [1.54, 1.807) is 35.1 Å². The maximum Gasteiger partial charge on any atom is 0.321 e. The second-order valence-corrected chi connectivity index (χ2v) is 9.08. The van der Waals surface area contributed by atoms with Gasteiger partial charge in [-0.15, -0.1) is 0 Å². The number of nitrogens with one attached hydrogen (secondary N) is 1. The van der Waals surface area contributed by atoms with Gasteiger partial charge in [-0.3, -0.25) is 14.4 Å². The van der Waals surface area contributed by atoms with Crippen LogP contribution in [0.3, 0.4) is 0 Å². The van der Waals surface area contributed by atoms with Crippen LogP contribution in [0.4, 0.5) is 4.79 Å². The van der Waals surface area contributed by atoms with Gasteiger partial charge in [0.2, 0.25) is 0 Å². The topological polar surface area (TPSA) is 105 Å². The molecule has 1 aromatic carbocycles. The molecule has 2 aliphatic carbocycles. The van der Waals surface area contributed by atoms with Crippen molar-refractivity contribution >= 4 is 23.5 Å². The molecule has 34 heavy (non-hydrogen) atoms. The Morgan fingerprint density at radius 1 is 1.21 bits per heavy atom. The van der Waals surface area contributed by atoms with E-state index in [-0.39, 0.29) is 49.2 Å². The van der Waals surface area contributed by atoms with Crippen LogP contribution in [0.2, 0.25) is 0 Å². The van der Waals surface area contributed by atoms with Gasteiger partial charge in [-0.25, -0.2) is 4.79 Å². The average Bonchev–Trinajstić information content (AvgIpc) is 3.38. The van der Waals surface area contributed by atoms with E-state index in [4.69, 9.17) is 9.47 Å². The highest BCUT2D eigenvalue weighted by Gasteiger charge is 2.38. The first-order valence-corrected chi connectivity index (χ1v) is 11.5. The van der Waals surface area contributed by atoms with E-state index in [0.29, 0.717) is 43.6 Å². The summed E-state index contributed by atoms with van der Waals surface area (Å²) in [6.07, 6.45) is 5.36. The fourth-order valence-electron chi connectivity index (χ4n) is 4.92. The molecule has 0 bridgehead atoms. The van der Waals surface area contributed by atoms with Crippen LogP contribution < -0.4 is 5.32 Å². The van der Waals surface area contributed by atoms with E-state index in [2.05, 4.69) is 5.32 Å². The third-order valence-corrected chi connectivity index (χ3v) is 6.85. The number of fused-ring (bicyclic) bond motifs is 2. The highest BCUT2D eigenvalue weighted by Crippen LogP contribution is 2.31. The van der Waals surface area contributed by atoms with Gasteiger partial charge in [-0.1, -0.05) is 18.2 Å². The smallest absolute Gasteiger partial charge is 0.321 e. The van der Waals surface area contributed by atoms with Crippen molar-refractivity contribution in [2.75, 3.05) is 13.8 Å². The van der Waals surface area contributed by atoms with E-state index < -0.39 is 6.04 Å². The van der Waals surface area contributed by atoms with E-state index in [1.165, 1.54) is 0 Å². The molecule has 2 atom stereocenters. The summed E-state index contributed by atoms with van der Waals surface area (Å²) in [6.45, 7) is 0.836. The average molecular weight is 466 g/mol. The lowest BCUT2D eigenvalue weighted by Gasteiger charge is -2.25. The number of nitrogens with zero attached hydrogens (tertiary/aromatic N) is 2. The number of hydrogen-bond donors (Lipinski definition) is 1. The standard InChI is InChI=1S/C25H27N3O6/c1-27(25(32)26-16-5-10-22-23(11-16)34-14-33-22)12-15-3-2-4-18-19(15)13-28(24(18)31)20-8-6-17(29)7-9-21(20)30/h2-5,11,20,22H,6-10,12-14H2,1H3,(H,26,32). The maximum atomic E-state index is 13.1. The number of carbonyl (C=O) groups excluding carboxylic acids is 4. The Bertz CT molecular complexity index is 1120. The molecule has 1 saturated carbocycles. The van der Waals surface area contributed by atoms with Gasteiger partial charge in [0, 0.05) is 63.2 Å². The van der Waals surface area contributed by atoms with Gasteiger partial charge in [0.1, 0.15) is 17.6 Å². The second-order valence-electron chi connectivity index (χ2n) is 9.08. The summed E-state index contributed by atoms with van der Waals surface area (Å²) in [4.78, 5) is 53.5. The zero-order chi connectivity index (χ0) is 23.8. The minimum Gasteiger partial charge on any atom is -0.469 e. The first-order valence-electron chi connectivity index (χ1n) is 11.5. The molecular formula is C25H27N3O6. The van der Waals surface area contributed by atoms with Gasteiger partial charge in [-0.2, -0.15) is 0 Å². The summed E-state index contributed by atoms with van der Waals surface area (Å²) < 4.78 is 10.9. The number of ether oxygens (including phenoxy) is 2. The van der Waals surface area contributed by atoms with Crippen LogP contribution in [0.1, 0.15) is 53.6 Å². The molecule has 4 aliphatic rings. The Morgan fingerprint density at radius 3 is 2.91 bits per heavy atom. The quantitative estimate of drug-likeness (QED) is 0.685. The number of carbonyl (C=O) groups is 4. The Morgan fingerprint density at radius 2 is 2.06 bits per heavy atom. The van der Waals surface area contributed by atoms with Crippen molar-refractivity contribution in [1.82, 2.24) is 15.1 Å². The third kappa shape index (κ3) is 4.23. The first kappa shape index (κ1) is 22.3. The molecular weight excluding hydrogens is 438 g/mol. The Hall–Kier alpha value is -3.46. The van der Waals surface area contributed by atoms with Gasteiger partial charge in [0.25, 0.3) is 5.91 Å². The summed E-state index contributed by atoms with van der Waals surface area (Å²) in [7, 11) is 1.69. The predicted octanol–water partition coefficient (Wildman–Crippen LogP) is 2.41. The van der Waals surface area contributed by atoms with Gasteiger partial charge >= 0.3 is 6.03 Å². The van der Waals surface area contributed by atoms with Crippen LogP contribution in [0.5, 0.6) is 0 Å². The molecule has 2 aliphatic heterocycles. The SMILES string of the molecule is CN(Cc1cccc2c1CN(C1CCC(=O)CCC1=O)C2=O)C(=O)NC1=CCC2OCOC2=C1. The number of benzene rings is 1. The molecule has 5 rings (SSSR count). The van der Waals surface area contributed by atoms with Crippen molar-refractivity contribution in [3.05, 3.63) is 58.5 Å². The Labute approximate surface area is 197 Å². The number of amides is 3. The van der Waals surface area contributed by atoms with Crippen LogP contribution in [0.25, 0.3) is 0 Å². The fourth-order valence-corrected chi connectivity index (χ4v) is 4.92. The zero-order valence-electron chi connectivity index (χ0n) is 19.0. The van der Waals surface area contributed by atoms with Crippen LogP contribution in [-0.4, -0.2) is 59.3 Å². The summed E-state index contributed by atoms with van der Waals surface area (Å²) >= 11 is 0. The third-order valence-electron chi connectivity index (χ3n) is 6.85. The van der Waals surface area contributed by atoms with Crippen LogP contribution in [0, 0.1) is 0 Å². The number of rotatable bonds is 4. The molecule has 0 radical (unpaired) electrons. The fraction of sp³-hybridized carbons (Fsp3) is 0.440. The van der Waals surface area contributed by atoms with Crippen molar-refractivity contribution in [3.63, 3.8) is 0 Å². The van der Waals surface area contributed by atoms with Crippen LogP contribution in [0.15, 0.2) is 41.8 Å². The number of allylic oxidation sites excluding steroid dienone is 1. The molecule has 1 N–H and O–H groups in total. The van der Waals surface area contributed by atoms with Crippen molar-refractivity contribution in [3.8, 4) is 0 Å². The molecule has 2 unspecified atom stereocenters. The molecule has 1 aromatic rings. The first-order chi connectivity index (χ1) is 16.4.